The van der Waals surface area contributed by atoms with E-state index in [4.69, 9.17) is 4.74 Å². The highest BCUT2D eigenvalue weighted by molar-refractivity contribution is 6.35. The van der Waals surface area contributed by atoms with Crippen molar-refractivity contribution in [3.8, 4) is 17.6 Å². The maximum absolute atomic E-state index is 13.2. The van der Waals surface area contributed by atoms with Crippen molar-refractivity contribution in [1.29, 1.82) is 0 Å². The number of anilines is 1. The van der Waals surface area contributed by atoms with Crippen molar-refractivity contribution in [3.63, 3.8) is 0 Å². The third-order valence-electron chi connectivity index (χ3n) is 8.03. The molecule has 0 saturated carbocycles. The second-order valence-corrected chi connectivity index (χ2v) is 11.6. The summed E-state index contributed by atoms with van der Waals surface area (Å²) in [4.78, 5) is 13.2. The molecule has 7 rings (SSSR count). The summed E-state index contributed by atoms with van der Waals surface area (Å²) in [5.41, 5.74) is 9.27. The zero-order valence-corrected chi connectivity index (χ0v) is 25.9. The second-order valence-electron chi connectivity index (χ2n) is 11.6. The lowest BCUT2D eigenvalue weighted by Crippen LogP contribution is -2.03. The molecule has 1 amide bonds. The monoisotopic (exact) mass is 612 g/mol. The summed E-state index contributed by atoms with van der Waals surface area (Å²) in [7, 11) is 0. The Labute approximate surface area is 274 Å². The summed E-state index contributed by atoms with van der Waals surface area (Å²) in [6, 6.07) is 42.4. The largest absolute Gasteiger partial charge is 0.487 e. The van der Waals surface area contributed by atoms with Crippen LogP contribution in [0.25, 0.3) is 11.6 Å². The van der Waals surface area contributed by atoms with Crippen LogP contribution in [0.4, 0.5) is 5.69 Å². The van der Waals surface area contributed by atoms with Gasteiger partial charge in [0.1, 0.15) is 18.1 Å². The number of aryl methyl sites for hydroxylation is 1. The van der Waals surface area contributed by atoms with E-state index in [1.165, 1.54) is 5.56 Å². The van der Waals surface area contributed by atoms with Crippen LogP contribution in [0.2, 0.25) is 0 Å². The zero-order chi connectivity index (χ0) is 32.0. The molecule has 0 fully saturated rings. The summed E-state index contributed by atoms with van der Waals surface area (Å²) in [6.07, 6.45) is 3.80. The lowest BCUT2D eigenvalue weighted by atomic mass is 9.89. The van der Waals surface area contributed by atoms with Gasteiger partial charge in [0.05, 0.1) is 18.7 Å². The summed E-state index contributed by atoms with van der Waals surface area (Å²) >= 11 is 0. The van der Waals surface area contributed by atoms with Gasteiger partial charge in [-0.2, -0.15) is 0 Å². The molecule has 2 heterocycles. The first-order valence-electron chi connectivity index (χ1n) is 15.5. The Morgan fingerprint density at radius 1 is 0.851 bits per heavy atom. The number of aromatic nitrogens is 3. The van der Waals surface area contributed by atoms with E-state index in [0.29, 0.717) is 17.9 Å². The molecule has 0 bridgehead atoms. The van der Waals surface area contributed by atoms with Gasteiger partial charge in [-0.25, -0.2) is 4.68 Å². The van der Waals surface area contributed by atoms with Gasteiger partial charge >= 0.3 is 0 Å². The fraction of sp³-hybridized carbons (Fsp3) is 0.0976. The maximum Gasteiger partial charge on any atom is 0.256 e. The van der Waals surface area contributed by atoms with Gasteiger partial charge in [0, 0.05) is 22.4 Å². The van der Waals surface area contributed by atoms with Crippen molar-refractivity contribution in [2.45, 2.75) is 26.0 Å². The quantitative estimate of drug-likeness (QED) is 0.140. The number of hydrogen-bond donors (Lipinski definition) is 1. The van der Waals surface area contributed by atoms with Crippen LogP contribution in [0.5, 0.6) is 5.75 Å². The molecule has 1 aromatic heterocycles. The molecule has 1 atom stereocenters. The summed E-state index contributed by atoms with van der Waals surface area (Å²) < 4.78 is 7.87. The van der Waals surface area contributed by atoms with Crippen molar-refractivity contribution in [3.05, 3.63) is 178 Å². The van der Waals surface area contributed by atoms with Crippen LogP contribution in [0.3, 0.4) is 0 Å². The fourth-order valence-corrected chi connectivity index (χ4v) is 5.59. The van der Waals surface area contributed by atoms with Gasteiger partial charge in [-0.05, 0) is 71.7 Å². The lowest BCUT2D eigenvalue weighted by Gasteiger charge is -2.14. The molecule has 0 saturated heterocycles. The number of nitrogens with one attached hydrogen (secondary N) is 1. The Hall–Kier alpha value is -6.19. The minimum Gasteiger partial charge on any atom is -0.487 e. The number of hydrogen-bond acceptors (Lipinski definition) is 4. The smallest absolute Gasteiger partial charge is 0.256 e. The molecule has 6 heteroatoms. The van der Waals surface area contributed by atoms with Gasteiger partial charge in [0.25, 0.3) is 5.91 Å². The Bertz CT molecular complexity index is 2120. The predicted octanol–water partition coefficient (Wildman–Crippen LogP) is 7.89. The average Bonchev–Trinajstić information content (AvgIpc) is 3.68. The molecule has 1 N–H and O–H groups in total. The topological polar surface area (TPSA) is 69.0 Å². The highest BCUT2D eigenvalue weighted by Gasteiger charge is 2.26. The minimum absolute atomic E-state index is 0.138. The van der Waals surface area contributed by atoms with Crippen LogP contribution in [0.15, 0.2) is 134 Å². The predicted molar refractivity (Wildman–Crippen MR) is 186 cm³/mol. The molecular weight excluding hydrogens is 580 g/mol. The Kier molecular flexibility index (Phi) is 8.44. The summed E-state index contributed by atoms with van der Waals surface area (Å²) in [5.74, 6) is 7.23. The van der Waals surface area contributed by atoms with Crippen LogP contribution in [0, 0.1) is 18.8 Å². The molecule has 6 nitrogen and oxygen atoms in total. The first-order valence-corrected chi connectivity index (χ1v) is 15.5. The zero-order valence-electron chi connectivity index (χ0n) is 25.9. The molecule has 0 radical (unpaired) electrons. The van der Waals surface area contributed by atoms with E-state index in [1.54, 1.807) is 4.68 Å². The first kappa shape index (κ1) is 29.5. The van der Waals surface area contributed by atoms with Crippen molar-refractivity contribution in [1.82, 2.24) is 15.0 Å². The molecule has 0 aliphatic carbocycles. The molecule has 228 valence electrons. The van der Waals surface area contributed by atoms with E-state index in [-0.39, 0.29) is 18.4 Å². The molecule has 5 aromatic carbocycles. The van der Waals surface area contributed by atoms with Gasteiger partial charge in [0.2, 0.25) is 0 Å². The SMILES string of the molecule is Cc1ccc(C(C#Cc2ccccc2)c2ccc3c(c2)/C(=C\c2cccc(OCc4cn(Cc5ccccc5)nn4)c2)C(=O)N3)cc1. The van der Waals surface area contributed by atoms with Gasteiger partial charge in [0.15, 0.2) is 0 Å². The molecule has 47 heavy (non-hydrogen) atoms. The van der Waals surface area contributed by atoms with Crippen LogP contribution in [-0.4, -0.2) is 20.9 Å². The van der Waals surface area contributed by atoms with Crippen LogP contribution in [0.1, 0.15) is 50.6 Å². The van der Waals surface area contributed by atoms with Gasteiger partial charge in [-0.15, -0.1) is 5.10 Å². The standard InChI is InChI=1S/C41H32N4O2/c1-29-15-18-33(19-16-29)37(21-17-30-9-4-2-5-10-30)34-20-22-40-38(25-34)39(41(46)42-40)24-32-13-8-14-36(23-32)47-28-35-27-45(44-43-35)26-31-11-6-3-7-12-31/h2-16,18-20,22-25,27,37H,26,28H2,1H3,(H,42,46)/b39-24+. The fourth-order valence-electron chi connectivity index (χ4n) is 5.59. The first-order chi connectivity index (χ1) is 23.1. The van der Waals surface area contributed by atoms with E-state index >= 15 is 0 Å². The number of carbonyl (C=O) groups excluding carboxylic acids is 1. The Morgan fingerprint density at radius 2 is 1.62 bits per heavy atom. The van der Waals surface area contributed by atoms with E-state index in [9.17, 15) is 4.79 Å². The highest BCUT2D eigenvalue weighted by atomic mass is 16.5. The van der Waals surface area contributed by atoms with Crippen molar-refractivity contribution < 1.29 is 9.53 Å². The maximum atomic E-state index is 13.2. The van der Waals surface area contributed by atoms with Gasteiger partial charge in [-0.1, -0.05) is 114 Å². The van der Waals surface area contributed by atoms with E-state index in [2.05, 4.69) is 82.9 Å². The van der Waals surface area contributed by atoms with Crippen LogP contribution in [-0.2, 0) is 17.9 Å². The van der Waals surface area contributed by atoms with Crippen molar-refractivity contribution in [2.24, 2.45) is 0 Å². The van der Waals surface area contributed by atoms with E-state index in [0.717, 1.165) is 44.8 Å². The number of ether oxygens (including phenoxy) is 1. The summed E-state index contributed by atoms with van der Waals surface area (Å²) in [6.45, 7) is 3.01. The number of benzene rings is 5. The molecule has 1 aliphatic rings. The van der Waals surface area contributed by atoms with Gasteiger partial charge < -0.3 is 10.1 Å². The average molecular weight is 613 g/mol. The van der Waals surface area contributed by atoms with E-state index < -0.39 is 0 Å². The number of amides is 1. The number of rotatable bonds is 8. The molecular formula is C41H32N4O2. The normalized spacial score (nSPS) is 13.4. The molecule has 1 unspecified atom stereocenters. The third kappa shape index (κ3) is 7.06. The second kappa shape index (κ2) is 13.4. The van der Waals surface area contributed by atoms with Crippen molar-refractivity contribution in [2.75, 3.05) is 5.32 Å². The molecule has 0 spiro atoms. The van der Waals surface area contributed by atoms with Crippen molar-refractivity contribution >= 4 is 23.2 Å². The highest BCUT2D eigenvalue weighted by Crippen LogP contribution is 2.37. The van der Waals surface area contributed by atoms with E-state index in [1.807, 2.05) is 91.1 Å². The minimum atomic E-state index is -0.166. The van der Waals surface area contributed by atoms with Crippen LogP contribution < -0.4 is 10.1 Å². The third-order valence-corrected chi connectivity index (χ3v) is 8.03. The van der Waals surface area contributed by atoms with Gasteiger partial charge in [-0.3, -0.25) is 4.79 Å². The number of carbonyl (C=O) groups is 1. The number of nitrogens with zero attached hydrogens (tertiary/aromatic N) is 3. The molecule has 1 aliphatic heterocycles. The Morgan fingerprint density at radius 3 is 2.43 bits per heavy atom. The number of fused-ring (bicyclic) bond motifs is 1. The summed E-state index contributed by atoms with van der Waals surface area (Å²) in [5, 5.41) is 11.5. The molecule has 6 aromatic rings. The lowest BCUT2D eigenvalue weighted by molar-refractivity contribution is -0.110. The van der Waals surface area contributed by atoms with Crippen LogP contribution >= 0.6 is 0 Å². The Balaban J connectivity index is 1.13.